The molecule has 168 valence electrons. The predicted molar refractivity (Wildman–Crippen MR) is 129 cm³/mol. The van der Waals surface area contributed by atoms with Crippen LogP contribution in [0.3, 0.4) is 0 Å². The number of amides is 3. The highest BCUT2D eigenvalue weighted by molar-refractivity contribution is 7.98. The number of nitrogens with one attached hydrogen (secondary N) is 2. The molecular formula is C23H25N3O4S2. The maximum absolute atomic E-state index is 13.0. The molecule has 3 amide bonds. The van der Waals surface area contributed by atoms with Crippen molar-refractivity contribution in [2.45, 2.75) is 19.4 Å². The second-order valence-electron chi connectivity index (χ2n) is 7.20. The number of carbonyl (C=O) groups excluding carboxylic acids is 3. The van der Waals surface area contributed by atoms with Crippen LogP contribution in [0.25, 0.3) is 0 Å². The summed E-state index contributed by atoms with van der Waals surface area (Å²) in [6, 6.07) is 8.08. The van der Waals surface area contributed by atoms with Crippen molar-refractivity contribution in [1.29, 1.82) is 0 Å². The minimum atomic E-state index is -0.688. The first-order valence-corrected chi connectivity index (χ1v) is 12.3. The van der Waals surface area contributed by atoms with E-state index in [1.54, 1.807) is 34.9 Å². The smallest absolute Gasteiger partial charge is 0.262 e. The van der Waals surface area contributed by atoms with Gasteiger partial charge in [-0.3, -0.25) is 14.4 Å². The molecule has 7 nitrogen and oxygen atoms in total. The highest BCUT2D eigenvalue weighted by Crippen LogP contribution is 2.25. The first kappa shape index (κ1) is 23.9. The van der Waals surface area contributed by atoms with Crippen molar-refractivity contribution >= 4 is 52.2 Å². The number of nitrogens with zero attached hydrogens (tertiary/aromatic N) is 1. The topological polar surface area (TPSA) is 87.7 Å². The fourth-order valence-corrected chi connectivity index (χ4v) is 4.50. The normalized spacial score (nSPS) is 14.5. The van der Waals surface area contributed by atoms with E-state index in [-0.39, 0.29) is 24.3 Å². The standard InChI is InChI=1S/C23H25N3O4S2/c1-4-17-6-8-20(32-17)23(29)25-18(9-12-31-3)22(28)24-16-5-7-19(15(2)13-16)26-10-11-30-14-21(26)27/h1,5-8,13,18H,9-12,14H2,2-3H3,(H,24,28)(H,25,29). The molecule has 0 aliphatic carbocycles. The zero-order valence-electron chi connectivity index (χ0n) is 18.0. The monoisotopic (exact) mass is 471 g/mol. The van der Waals surface area contributed by atoms with Gasteiger partial charge in [-0.2, -0.15) is 11.8 Å². The van der Waals surface area contributed by atoms with Gasteiger partial charge >= 0.3 is 0 Å². The molecular weight excluding hydrogens is 446 g/mol. The van der Waals surface area contributed by atoms with E-state index < -0.39 is 6.04 Å². The molecule has 1 fully saturated rings. The molecule has 1 aromatic carbocycles. The van der Waals surface area contributed by atoms with Gasteiger partial charge in [-0.05, 0) is 61.2 Å². The van der Waals surface area contributed by atoms with Crippen molar-refractivity contribution in [1.82, 2.24) is 5.32 Å². The molecule has 0 radical (unpaired) electrons. The lowest BCUT2D eigenvalue weighted by atomic mass is 10.1. The number of aryl methyl sites for hydroxylation is 1. The van der Waals surface area contributed by atoms with Crippen LogP contribution in [0.2, 0.25) is 0 Å². The SMILES string of the molecule is C#Cc1ccc(C(=O)NC(CCSC)C(=O)Nc2ccc(N3CCOCC3=O)c(C)c2)s1. The Morgan fingerprint density at radius 2 is 2.16 bits per heavy atom. The van der Waals surface area contributed by atoms with Crippen LogP contribution in [0.4, 0.5) is 11.4 Å². The summed E-state index contributed by atoms with van der Waals surface area (Å²) in [5.74, 6) is 2.52. The number of hydrogen-bond acceptors (Lipinski definition) is 6. The number of thiophene rings is 1. The zero-order valence-corrected chi connectivity index (χ0v) is 19.6. The number of hydrogen-bond donors (Lipinski definition) is 2. The van der Waals surface area contributed by atoms with Crippen molar-refractivity contribution in [3.63, 3.8) is 0 Å². The largest absolute Gasteiger partial charge is 0.370 e. The lowest BCUT2D eigenvalue weighted by Gasteiger charge is -2.28. The second-order valence-corrected chi connectivity index (χ2v) is 9.27. The summed E-state index contributed by atoms with van der Waals surface area (Å²) in [7, 11) is 0. The first-order chi connectivity index (χ1) is 15.4. The Morgan fingerprint density at radius 1 is 1.34 bits per heavy atom. The number of rotatable bonds is 8. The van der Waals surface area contributed by atoms with Crippen LogP contribution in [0.1, 0.15) is 26.5 Å². The van der Waals surface area contributed by atoms with Crippen LogP contribution in [-0.2, 0) is 14.3 Å². The Bertz CT molecular complexity index is 1040. The third kappa shape index (κ3) is 5.91. The van der Waals surface area contributed by atoms with Crippen molar-refractivity contribution < 1.29 is 19.1 Å². The number of morpholine rings is 1. The number of carbonyl (C=O) groups is 3. The minimum Gasteiger partial charge on any atom is -0.370 e. The molecule has 2 heterocycles. The van der Waals surface area contributed by atoms with Crippen LogP contribution in [0.5, 0.6) is 0 Å². The number of ether oxygens (including phenoxy) is 1. The summed E-state index contributed by atoms with van der Waals surface area (Å²) in [6.07, 6.45) is 7.82. The van der Waals surface area contributed by atoms with E-state index >= 15 is 0 Å². The summed E-state index contributed by atoms with van der Waals surface area (Å²) in [6.45, 7) is 2.95. The lowest BCUT2D eigenvalue weighted by molar-refractivity contribution is -0.125. The molecule has 1 aliphatic heterocycles. The Labute approximate surface area is 195 Å². The predicted octanol–water partition coefficient (Wildman–Crippen LogP) is 2.89. The van der Waals surface area contributed by atoms with E-state index in [1.165, 1.54) is 11.3 Å². The quantitative estimate of drug-likeness (QED) is 0.578. The fourth-order valence-electron chi connectivity index (χ4n) is 3.31. The van der Waals surface area contributed by atoms with Gasteiger partial charge in [-0.1, -0.05) is 5.92 Å². The van der Waals surface area contributed by atoms with Gasteiger partial charge < -0.3 is 20.3 Å². The number of anilines is 2. The van der Waals surface area contributed by atoms with E-state index in [0.717, 1.165) is 17.0 Å². The Balaban J connectivity index is 1.70. The second kappa shape index (κ2) is 11.2. The minimum absolute atomic E-state index is 0.0713. The molecule has 32 heavy (non-hydrogen) atoms. The van der Waals surface area contributed by atoms with Crippen LogP contribution in [-0.4, -0.2) is 55.5 Å². The van der Waals surface area contributed by atoms with Crippen molar-refractivity contribution in [3.8, 4) is 12.3 Å². The van der Waals surface area contributed by atoms with Crippen molar-refractivity contribution in [2.75, 3.05) is 42.0 Å². The zero-order chi connectivity index (χ0) is 23.1. The average Bonchev–Trinajstić information content (AvgIpc) is 3.27. The van der Waals surface area contributed by atoms with Crippen molar-refractivity contribution in [3.05, 3.63) is 45.6 Å². The fraction of sp³-hybridized carbons (Fsp3) is 0.348. The molecule has 1 aliphatic rings. The Morgan fingerprint density at radius 3 is 2.81 bits per heavy atom. The molecule has 9 heteroatoms. The number of thioether (sulfide) groups is 1. The van der Waals surface area contributed by atoms with Gasteiger partial charge in [0.05, 0.1) is 16.4 Å². The molecule has 3 rings (SSSR count). The van der Waals surface area contributed by atoms with Gasteiger partial charge in [-0.15, -0.1) is 17.8 Å². The maximum Gasteiger partial charge on any atom is 0.262 e. The average molecular weight is 472 g/mol. The molecule has 0 bridgehead atoms. The van der Waals surface area contributed by atoms with Crippen LogP contribution in [0, 0.1) is 19.3 Å². The van der Waals surface area contributed by atoms with Gasteiger partial charge in [0.1, 0.15) is 12.6 Å². The van der Waals surface area contributed by atoms with Crippen LogP contribution in [0.15, 0.2) is 30.3 Å². The van der Waals surface area contributed by atoms with E-state index in [4.69, 9.17) is 11.2 Å². The van der Waals surface area contributed by atoms with E-state index in [2.05, 4.69) is 16.6 Å². The summed E-state index contributed by atoms with van der Waals surface area (Å²) in [4.78, 5) is 40.5. The molecule has 0 saturated carbocycles. The van der Waals surface area contributed by atoms with Crippen LogP contribution < -0.4 is 15.5 Å². The number of terminal acetylenes is 1. The molecule has 1 unspecified atom stereocenters. The molecule has 1 aromatic heterocycles. The summed E-state index contributed by atoms with van der Waals surface area (Å²) < 4.78 is 5.19. The first-order valence-electron chi connectivity index (χ1n) is 10.1. The summed E-state index contributed by atoms with van der Waals surface area (Å²) in [5.41, 5.74) is 2.26. The Kier molecular flexibility index (Phi) is 8.33. The third-order valence-electron chi connectivity index (χ3n) is 4.95. The van der Waals surface area contributed by atoms with Gasteiger partial charge in [0.2, 0.25) is 5.91 Å². The van der Waals surface area contributed by atoms with Gasteiger partial charge in [-0.25, -0.2) is 0 Å². The van der Waals surface area contributed by atoms with Crippen molar-refractivity contribution in [2.24, 2.45) is 0 Å². The van der Waals surface area contributed by atoms with E-state index in [0.29, 0.717) is 35.0 Å². The molecule has 2 aromatic rings. The van der Waals surface area contributed by atoms with Crippen LogP contribution >= 0.6 is 23.1 Å². The highest BCUT2D eigenvalue weighted by atomic mass is 32.2. The lowest BCUT2D eigenvalue weighted by Crippen LogP contribution is -2.44. The molecule has 1 saturated heterocycles. The van der Waals surface area contributed by atoms with Gasteiger partial charge in [0.15, 0.2) is 0 Å². The van der Waals surface area contributed by atoms with Gasteiger partial charge in [0, 0.05) is 17.9 Å². The summed E-state index contributed by atoms with van der Waals surface area (Å²) >= 11 is 2.82. The highest BCUT2D eigenvalue weighted by Gasteiger charge is 2.24. The van der Waals surface area contributed by atoms with E-state index in [1.807, 2.05) is 25.3 Å². The van der Waals surface area contributed by atoms with E-state index in [9.17, 15) is 14.4 Å². The summed E-state index contributed by atoms with van der Waals surface area (Å²) in [5, 5.41) is 5.71. The Hall–Kier alpha value is -2.80. The molecule has 2 N–H and O–H groups in total. The molecule has 0 spiro atoms. The number of benzene rings is 1. The van der Waals surface area contributed by atoms with Gasteiger partial charge in [0.25, 0.3) is 11.8 Å². The third-order valence-corrected chi connectivity index (χ3v) is 6.60. The molecule has 1 atom stereocenters. The maximum atomic E-state index is 13.0.